The molecule has 1 atom stereocenters. The number of rotatable bonds is 7. The Kier molecular flexibility index (Phi) is 4.50. The second-order valence-corrected chi connectivity index (χ2v) is 4.93. The van der Waals surface area contributed by atoms with Crippen molar-refractivity contribution < 1.29 is 11.0 Å². The third-order valence-electron chi connectivity index (χ3n) is 3.41. The van der Waals surface area contributed by atoms with E-state index in [1.165, 1.54) is 6.92 Å². The summed E-state index contributed by atoms with van der Waals surface area (Å²) in [4.78, 5) is 23.8. The zero-order valence-electron chi connectivity index (χ0n) is 12.7. The first-order valence-electron chi connectivity index (χ1n) is 7.43. The van der Waals surface area contributed by atoms with Gasteiger partial charge in [0.1, 0.15) is 7.63 Å². The molecule has 1 unspecified atom stereocenters. The fourth-order valence-corrected chi connectivity index (χ4v) is 2.18. The lowest BCUT2D eigenvalue weighted by atomic mass is 10.0. The molecule has 0 saturated carbocycles. The van der Waals surface area contributed by atoms with Gasteiger partial charge in [0, 0.05) is 37.9 Å². The Hall–Kier alpha value is -2.04. The molecule has 20 heavy (non-hydrogen) atoms. The van der Waals surface area contributed by atoms with Crippen molar-refractivity contribution in [2.45, 2.75) is 25.8 Å². The van der Waals surface area contributed by atoms with Crippen molar-refractivity contribution in [1.82, 2.24) is 5.32 Å². The summed E-state index contributed by atoms with van der Waals surface area (Å²) in [6.07, 6.45) is 1.12. The van der Waals surface area contributed by atoms with Crippen LogP contribution in [0.25, 0.3) is 0 Å². The molecule has 1 aliphatic heterocycles. The van der Waals surface area contributed by atoms with E-state index in [4.69, 9.17) is 1.37 Å². The van der Waals surface area contributed by atoms with E-state index in [2.05, 4.69) is 10.6 Å². The highest BCUT2D eigenvalue weighted by molar-refractivity contribution is 5.72. The number of nitrogens with zero attached hydrogens (tertiary/aromatic N) is 1. The van der Waals surface area contributed by atoms with Crippen LogP contribution in [0.15, 0.2) is 24.3 Å². The first-order chi connectivity index (χ1) is 10.1. The Morgan fingerprint density at radius 2 is 2.20 bits per heavy atom. The summed E-state index contributed by atoms with van der Waals surface area (Å²) in [5.74, 6) is -0.00704. The van der Waals surface area contributed by atoms with Gasteiger partial charge in [-0.2, -0.15) is 0 Å². The summed E-state index contributed by atoms with van der Waals surface area (Å²) in [5, 5.41) is 6.03. The Labute approximate surface area is 120 Å². The minimum Gasteiger partial charge on any atom is -0.385 e. The standard InChI is InChI=1S/C15H21N3O2/c1-12(20)16-8-2-9-17-13-3-5-14(6-4-13)18-10-7-15(18)11-19/h3-6,11,15,17H,2,7-10H2,1H3,(H,16,20)/i11D. The molecule has 2 rings (SSSR count). The summed E-state index contributed by atoms with van der Waals surface area (Å²) >= 11 is 0. The highest BCUT2D eigenvalue weighted by Crippen LogP contribution is 2.26. The maximum Gasteiger partial charge on any atom is 0.216 e. The van der Waals surface area contributed by atoms with Crippen molar-refractivity contribution in [3.63, 3.8) is 0 Å². The zero-order chi connectivity index (χ0) is 15.2. The topological polar surface area (TPSA) is 61.4 Å². The maximum absolute atomic E-state index is 11.1. The predicted molar refractivity (Wildman–Crippen MR) is 80.0 cm³/mol. The largest absolute Gasteiger partial charge is 0.385 e. The maximum atomic E-state index is 11.1. The van der Waals surface area contributed by atoms with E-state index in [0.29, 0.717) is 6.54 Å². The lowest BCUT2D eigenvalue weighted by Gasteiger charge is -2.39. The van der Waals surface area contributed by atoms with Crippen molar-refractivity contribution in [2.75, 3.05) is 29.9 Å². The zero-order valence-corrected chi connectivity index (χ0v) is 11.7. The second kappa shape index (κ2) is 6.93. The van der Waals surface area contributed by atoms with Gasteiger partial charge in [-0.05, 0) is 37.1 Å². The predicted octanol–water partition coefficient (Wildman–Crippen LogP) is 1.40. The minimum absolute atomic E-state index is 0.00704. The molecule has 5 nitrogen and oxygen atoms in total. The summed E-state index contributed by atoms with van der Waals surface area (Å²) in [6, 6.07) is 7.59. The number of hydrogen-bond acceptors (Lipinski definition) is 4. The summed E-state index contributed by atoms with van der Waals surface area (Å²) in [5.41, 5.74) is 1.99. The van der Waals surface area contributed by atoms with Crippen molar-refractivity contribution in [3.8, 4) is 0 Å². The number of nitrogens with one attached hydrogen (secondary N) is 2. The van der Waals surface area contributed by atoms with Gasteiger partial charge in [-0.15, -0.1) is 0 Å². The van der Waals surface area contributed by atoms with Gasteiger partial charge in [0.05, 0.1) is 6.04 Å². The average Bonchev–Trinajstić information content (AvgIpc) is 2.38. The molecule has 1 fully saturated rings. The number of hydrogen-bond donors (Lipinski definition) is 2. The Bertz CT molecular complexity index is 504. The van der Waals surface area contributed by atoms with Gasteiger partial charge < -0.3 is 20.3 Å². The van der Waals surface area contributed by atoms with Crippen LogP contribution in [-0.2, 0) is 9.59 Å². The molecule has 1 heterocycles. The van der Waals surface area contributed by atoms with Crippen LogP contribution in [0.5, 0.6) is 0 Å². The molecule has 0 radical (unpaired) electrons. The van der Waals surface area contributed by atoms with Crippen molar-refractivity contribution in [1.29, 1.82) is 0 Å². The van der Waals surface area contributed by atoms with Gasteiger partial charge in [-0.3, -0.25) is 4.79 Å². The van der Waals surface area contributed by atoms with E-state index in [1.807, 2.05) is 29.2 Å². The molecule has 1 saturated heterocycles. The quantitative estimate of drug-likeness (QED) is 0.584. The average molecular weight is 276 g/mol. The Balaban J connectivity index is 1.77. The molecule has 0 aromatic heterocycles. The molecule has 0 spiro atoms. The van der Waals surface area contributed by atoms with Crippen LogP contribution in [0.3, 0.4) is 0 Å². The Morgan fingerprint density at radius 3 is 2.75 bits per heavy atom. The summed E-state index contributed by atoms with van der Waals surface area (Å²) in [6.45, 7) is 3.80. The van der Waals surface area contributed by atoms with Crippen LogP contribution < -0.4 is 15.5 Å². The van der Waals surface area contributed by atoms with Crippen LogP contribution in [0.4, 0.5) is 11.4 Å². The monoisotopic (exact) mass is 276 g/mol. The van der Waals surface area contributed by atoms with Crippen LogP contribution in [0.1, 0.15) is 21.1 Å². The second-order valence-electron chi connectivity index (χ2n) is 4.93. The van der Waals surface area contributed by atoms with E-state index < -0.39 is 6.26 Å². The number of benzene rings is 1. The SMILES string of the molecule is [2H]C(=O)C1CCN1c1ccc(NCCCNC(C)=O)cc1. The number of carbonyl (C=O) groups is 2. The van der Waals surface area contributed by atoms with Gasteiger partial charge in [-0.25, -0.2) is 0 Å². The molecule has 0 bridgehead atoms. The van der Waals surface area contributed by atoms with Crippen LogP contribution in [0.2, 0.25) is 0 Å². The van der Waals surface area contributed by atoms with Crippen LogP contribution >= 0.6 is 0 Å². The van der Waals surface area contributed by atoms with Crippen molar-refractivity contribution in [2.24, 2.45) is 0 Å². The fourth-order valence-electron chi connectivity index (χ4n) is 2.18. The van der Waals surface area contributed by atoms with Crippen LogP contribution in [0, 0.1) is 0 Å². The molecular weight excluding hydrogens is 254 g/mol. The van der Waals surface area contributed by atoms with Crippen molar-refractivity contribution >= 4 is 23.5 Å². The highest BCUT2D eigenvalue weighted by Gasteiger charge is 2.27. The first kappa shape index (κ1) is 13.0. The normalized spacial score (nSPS) is 17.9. The van der Waals surface area contributed by atoms with Crippen LogP contribution in [-0.4, -0.2) is 37.8 Å². The summed E-state index contributed by atoms with van der Waals surface area (Å²) < 4.78 is 7.19. The molecule has 1 aliphatic rings. The first-order valence-corrected chi connectivity index (χ1v) is 6.93. The Morgan fingerprint density at radius 1 is 1.45 bits per heavy atom. The molecular formula is C15H21N3O2. The molecule has 5 heteroatoms. The van der Waals surface area contributed by atoms with Gasteiger partial charge in [0.25, 0.3) is 0 Å². The molecule has 1 amide bonds. The van der Waals surface area contributed by atoms with Gasteiger partial charge in [-0.1, -0.05) is 0 Å². The van der Waals surface area contributed by atoms with Gasteiger partial charge >= 0.3 is 0 Å². The minimum atomic E-state index is -0.513. The van der Waals surface area contributed by atoms with Gasteiger partial charge in [0.2, 0.25) is 5.91 Å². The fraction of sp³-hybridized carbons (Fsp3) is 0.467. The lowest BCUT2D eigenvalue weighted by molar-refractivity contribution is -0.119. The van der Waals surface area contributed by atoms with E-state index in [0.717, 1.165) is 37.3 Å². The van der Waals surface area contributed by atoms with E-state index in [1.54, 1.807) is 0 Å². The summed E-state index contributed by atoms with van der Waals surface area (Å²) in [7, 11) is 0. The van der Waals surface area contributed by atoms with Crippen molar-refractivity contribution in [3.05, 3.63) is 24.3 Å². The smallest absolute Gasteiger partial charge is 0.216 e. The lowest BCUT2D eigenvalue weighted by Crippen LogP contribution is -2.48. The number of anilines is 2. The van der Waals surface area contributed by atoms with E-state index in [9.17, 15) is 9.59 Å². The third kappa shape index (κ3) is 3.73. The third-order valence-corrected chi connectivity index (χ3v) is 3.41. The molecule has 1 aromatic carbocycles. The number of amides is 1. The molecule has 108 valence electrons. The molecule has 1 aromatic rings. The van der Waals surface area contributed by atoms with E-state index in [-0.39, 0.29) is 11.9 Å². The van der Waals surface area contributed by atoms with E-state index >= 15 is 0 Å². The molecule has 2 N–H and O–H groups in total. The number of aldehydes is 1. The highest BCUT2D eigenvalue weighted by atomic mass is 16.1. The van der Waals surface area contributed by atoms with Gasteiger partial charge in [0.15, 0.2) is 0 Å². The molecule has 0 aliphatic carbocycles. The number of carbonyl (C=O) groups excluding carboxylic acids is 2.